The Kier molecular flexibility index (Phi) is 2.03. The highest BCUT2D eigenvalue weighted by Gasteiger charge is 2.22. The summed E-state index contributed by atoms with van der Waals surface area (Å²) < 4.78 is 10.9. The van der Waals surface area contributed by atoms with Crippen molar-refractivity contribution in [2.45, 2.75) is 6.92 Å². The lowest BCUT2D eigenvalue weighted by Crippen LogP contribution is -2.01. The van der Waals surface area contributed by atoms with Crippen LogP contribution in [0.4, 0.5) is 0 Å². The summed E-state index contributed by atoms with van der Waals surface area (Å²) in [5.41, 5.74) is 2.88. The van der Waals surface area contributed by atoms with Crippen LogP contribution in [0, 0.1) is 0 Å². The molecule has 3 heteroatoms. The lowest BCUT2D eigenvalue weighted by atomic mass is 10.1. The largest absolute Gasteiger partial charge is 0.483 e. The van der Waals surface area contributed by atoms with Gasteiger partial charge in [0.15, 0.2) is 11.4 Å². The number of benzene rings is 1. The standard InChI is InChI=1S/C13H11NO2/c1-9-7-8-15-13-11(14-16-12(9)13)10-5-3-2-4-6-10/h2-7H,8H2,1H3. The summed E-state index contributed by atoms with van der Waals surface area (Å²) in [5.74, 6) is 1.50. The summed E-state index contributed by atoms with van der Waals surface area (Å²) in [6.07, 6.45) is 1.99. The van der Waals surface area contributed by atoms with Crippen LogP contribution in [0.2, 0.25) is 0 Å². The number of aromatic nitrogens is 1. The van der Waals surface area contributed by atoms with Crippen LogP contribution in [0.3, 0.4) is 0 Å². The third-order valence-corrected chi connectivity index (χ3v) is 2.67. The lowest BCUT2D eigenvalue weighted by Gasteiger charge is -2.10. The Morgan fingerprint density at radius 1 is 1.19 bits per heavy atom. The molecule has 1 aromatic heterocycles. The van der Waals surface area contributed by atoms with Crippen LogP contribution >= 0.6 is 0 Å². The monoisotopic (exact) mass is 213 g/mol. The van der Waals surface area contributed by atoms with E-state index < -0.39 is 0 Å². The molecule has 0 amide bonds. The molecule has 3 nitrogen and oxygen atoms in total. The summed E-state index contributed by atoms with van der Waals surface area (Å²) in [5, 5.41) is 4.08. The van der Waals surface area contributed by atoms with Gasteiger partial charge in [0, 0.05) is 5.56 Å². The van der Waals surface area contributed by atoms with Gasteiger partial charge in [0.05, 0.1) is 0 Å². The van der Waals surface area contributed by atoms with Gasteiger partial charge in [0.1, 0.15) is 6.61 Å². The lowest BCUT2D eigenvalue weighted by molar-refractivity contribution is 0.340. The van der Waals surface area contributed by atoms with E-state index in [4.69, 9.17) is 9.26 Å². The van der Waals surface area contributed by atoms with Crippen LogP contribution < -0.4 is 4.74 Å². The van der Waals surface area contributed by atoms with Gasteiger partial charge in [-0.3, -0.25) is 0 Å². The van der Waals surface area contributed by atoms with Crippen LogP contribution in [0.5, 0.6) is 5.75 Å². The maximum absolute atomic E-state index is 5.59. The fourth-order valence-corrected chi connectivity index (χ4v) is 1.79. The highest BCUT2D eigenvalue weighted by Crippen LogP contribution is 2.38. The second-order valence-electron chi connectivity index (χ2n) is 3.75. The fraction of sp³-hybridized carbons (Fsp3) is 0.154. The van der Waals surface area contributed by atoms with Crippen molar-refractivity contribution in [2.24, 2.45) is 0 Å². The average Bonchev–Trinajstić information content (AvgIpc) is 2.75. The van der Waals surface area contributed by atoms with Gasteiger partial charge in [0.25, 0.3) is 0 Å². The first-order chi connectivity index (χ1) is 7.86. The second kappa shape index (κ2) is 3.52. The maximum atomic E-state index is 5.59. The minimum Gasteiger partial charge on any atom is -0.483 e. The first-order valence-electron chi connectivity index (χ1n) is 5.21. The van der Waals surface area contributed by atoms with Gasteiger partial charge in [0.2, 0.25) is 5.76 Å². The summed E-state index contributed by atoms with van der Waals surface area (Å²) in [6.45, 7) is 2.58. The van der Waals surface area contributed by atoms with Crippen molar-refractivity contribution in [1.29, 1.82) is 0 Å². The van der Waals surface area contributed by atoms with E-state index in [9.17, 15) is 0 Å². The smallest absolute Gasteiger partial charge is 0.204 e. The van der Waals surface area contributed by atoms with Crippen molar-refractivity contribution in [3.05, 3.63) is 42.2 Å². The van der Waals surface area contributed by atoms with E-state index in [0.29, 0.717) is 6.61 Å². The molecule has 0 bridgehead atoms. The molecule has 2 aromatic rings. The number of ether oxygens (including phenoxy) is 1. The Balaban J connectivity index is 2.15. The van der Waals surface area contributed by atoms with E-state index in [0.717, 1.165) is 28.3 Å². The number of allylic oxidation sites excluding steroid dienone is 1. The molecule has 0 saturated carbocycles. The Bertz CT molecular complexity index is 540. The van der Waals surface area contributed by atoms with Crippen molar-refractivity contribution < 1.29 is 9.26 Å². The zero-order valence-electron chi connectivity index (χ0n) is 8.93. The molecule has 0 radical (unpaired) electrons. The van der Waals surface area contributed by atoms with Crippen molar-refractivity contribution in [3.8, 4) is 17.0 Å². The van der Waals surface area contributed by atoms with Crippen LogP contribution in [0.15, 0.2) is 40.9 Å². The van der Waals surface area contributed by atoms with Crippen molar-refractivity contribution in [1.82, 2.24) is 5.16 Å². The molecule has 0 aliphatic carbocycles. The Hall–Kier alpha value is -2.03. The highest BCUT2D eigenvalue weighted by molar-refractivity contribution is 5.76. The van der Waals surface area contributed by atoms with Crippen LogP contribution in [0.25, 0.3) is 16.8 Å². The summed E-state index contributed by atoms with van der Waals surface area (Å²) in [7, 11) is 0. The highest BCUT2D eigenvalue weighted by atomic mass is 16.5. The van der Waals surface area contributed by atoms with Crippen LogP contribution in [-0.2, 0) is 0 Å². The molecule has 16 heavy (non-hydrogen) atoms. The summed E-state index contributed by atoms with van der Waals surface area (Å²) in [4.78, 5) is 0. The van der Waals surface area contributed by atoms with E-state index in [1.165, 1.54) is 0 Å². The second-order valence-corrected chi connectivity index (χ2v) is 3.75. The van der Waals surface area contributed by atoms with Crippen molar-refractivity contribution in [3.63, 3.8) is 0 Å². The first kappa shape index (κ1) is 9.21. The third-order valence-electron chi connectivity index (χ3n) is 2.67. The summed E-state index contributed by atoms with van der Waals surface area (Å²) >= 11 is 0. The Labute approximate surface area is 93.3 Å². The average molecular weight is 213 g/mol. The minimum absolute atomic E-state index is 0.583. The van der Waals surface area contributed by atoms with Gasteiger partial charge in [-0.1, -0.05) is 35.5 Å². The Morgan fingerprint density at radius 2 is 2.00 bits per heavy atom. The van der Waals surface area contributed by atoms with Crippen molar-refractivity contribution in [2.75, 3.05) is 6.61 Å². The van der Waals surface area contributed by atoms with Crippen LogP contribution in [0.1, 0.15) is 12.7 Å². The van der Waals surface area contributed by atoms with E-state index in [-0.39, 0.29) is 0 Å². The van der Waals surface area contributed by atoms with Gasteiger partial charge >= 0.3 is 0 Å². The molecule has 1 aromatic carbocycles. The number of hydrogen-bond acceptors (Lipinski definition) is 3. The molecule has 3 rings (SSSR count). The number of fused-ring (bicyclic) bond motifs is 1. The molecule has 0 saturated heterocycles. The number of nitrogens with zero attached hydrogens (tertiary/aromatic N) is 1. The molecule has 0 unspecified atom stereocenters. The van der Waals surface area contributed by atoms with E-state index in [1.807, 2.05) is 43.3 Å². The van der Waals surface area contributed by atoms with Crippen LogP contribution in [-0.4, -0.2) is 11.8 Å². The van der Waals surface area contributed by atoms with E-state index >= 15 is 0 Å². The topological polar surface area (TPSA) is 35.3 Å². The molecule has 1 aliphatic rings. The predicted octanol–water partition coefficient (Wildman–Crippen LogP) is 3.14. The molecule has 80 valence electrons. The summed E-state index contributed by atoms with van der Waals surface area (Å²) in [6, 6.07) is 9.91. The molecule has 0 atom stereocenters. The van der Waals surface area contributed by atoms with Gasteiger partial charge in [-0.25, -0.2) is 0 Å². The molecular formula is C13H11NO2. The number of hydrogen-bond donors (Lipinski definition) is 0. The minimum atomic E-state index is 0.583. The predicted molar refractivity (Wildman–Crippen MR) is 61.1 cm³/mol. The number of rotatable bonds is 1. The molecule has 0 spiro atoms. The van der Waals surface area contributed by atoms with Gasteiger partial charge < -0.3 is 9.26 Å². The third kappa shape index (κ3) is 1.33. The van der Waals surface area contributed by atoms with Gasteiger partial charge in [-0.05, 0) is 18.6 Å². The molecule has 0 N–H and O–H groups in total. The zero-order chi connectivity index (χ0) is 11.0. The molecular weight excluding hydrogens is 202 g/mol. The quantitative estimate of drug-likeness (QED) is 0.730. The molecule has 1 aliphatic heterocycles. The van der Waals surface area contributed by atoms with Gasteiger partial charge in [-0.15, -0.1) is 0 Å². The van der Waals surface area contributed by atoms with E-state index in [1.54, 1.807) is 0 Å². The fourth-order valence-electron chi connectivity index (χ4n) is 1.79. The Morgan fingerprint density at radius 3 is 2.81 bits per heavy atom. The first-order valence-corrected chi connectivity index (χ1v) is 5.21. The van der Waals surface area contributed by atoms with Gasteiger partial charge in [-0.2, -0.15) is 0 Å². The SMILES string of the molecule is CC1=CCOc2c(-c3ccccc3)noc21. The maximum Gasteiger partial charge on any atom is 0.204 e. The molecule has 2 heterocycles. The zero-order valence-corrected chi connectivity index (χ0v) is 8.93. The normalized spacial score (nSPS) is 13.9. The van der Waals surface area contributed by atoms with Crippen molar-refractivity contribution >= 4 is 5.57 Å². The van der Waals surface area contributed by atoms with E-state index in [2.05, 4.69) is 5.16 Å². The molecule has 0 fully saturated rings.